The predicted molar refractivity (Wildman–Crippen MR) is 99.7 cm³/mol. The number of aryl methyl sites for hydroxylation is 2. The summed E-state index contributed by atoms with van der Waals surface area (Å²) in [6.07, 6.45) is 0.905. The van der Waals surface area contributed by atoms with Crippen molar-refractivity contribution in [3.8, 4) is 0 Å². The fourth-order valence-corrected chi connectivity index (χ4v) is 3.34. The Labute approximate surface area is 148 Å². The van der Waals surface area contributed by atoms with Gasteiger partial charge in [-0.05, 0) is 43.2 Å². The van der Waals surface area contributed by atoms with Crippen LogP contribution in [0.3, 0.4) is 0 Å². The smallest absolute Gasteiger partial charge is 0.228 e. The number of benzene rings is 2. The van der Waals surface area contributed by atoms with Crippen molar-refractivity contribution in [1.29, 1.82) is 0 Å². The highest BCUT2D eigenvalue weighted by atomic mass is 35.5. The fourth-order valence-electron chi connectivity index (χ4n) is 3.17. The predicted octanol–water partition coefficient (Wildman–Crippen LogP) is 3.66. The summed E-state index contributed by atoms with van der Waals surface area (Å²) in [4.78, 5) is 14.0. The molecular formula is C19H22ClN3O. The molecule has 0 unspecified atom stereocenters. The van der Waals surface area contributed by atoms with Crippen molar-refractivity contribution in [2.75, 3.05) is 36.1 Å². The number of nitrogens with zero attached hydrogens (tertiary/aromatic N) is 3. The van der Waals surface area contributed by atoms with E-state index >= 15 is 0 Å². The summed E-state index contributed by atoms with van der Waals surface area (Å²) in [5, 5.41) is 4.59. The van der Waals surface area contributed by atoms with Crippen LogP contribution < -0.4 is 9.91 Å². The number of carbonyl (C=O) groups excluding carboxylic acids is 1. The average Bonchev–Trinajstić information content (AvgIpc) is 2.60. The lowest BCUT2D eigenvalue weighted by Gasteiger charge is -2.41. The lowest BCUT2D eigenvalue weighted by molar-refractivity contribution is -0.110. The van der Waals surface area contributed by atoms with Gasteiger partial charge in [-0.1, -0.05) is 35.9 Å². The molecule has 0 aliphatic carbocycles. The molecule has 0 bridgehead atoms. The summed E-state index contributed by atoms with van der Waals surface area (Å²) in [5.74, 6) is 0. The summed E-state index contributed by atoms with van der Waals surface area (Å²) in [6.45, 7) is 7.42. The van der Waals surface area contributed by atoms with Crippen LogP contribution in [0.25, 0.3) is 0 Å². The molecule has 1 fully saturated rings. The lowest BCUT2D eigenvalue weighted by Crippen LogP contribution is -2.54. The van der Waals surface area contributed by atoms with Crippen LogP contribution in [0.15, 0.2) is 42.5 Å². The summed E-state index contributed by atoms with van der Waals surface area (Å²) in [6, 6.07) is 13.9. The van der Waals surface area contributed by atoms with Gasteiger partial charge in [-0.2, -0.15) is 0 Å². The first-order valence-electron chi connectivity index (χ1n) is 8.16. The average molecular weight is 344 g/mol. The van der Waals surface area contributed by atoms with Crippen LogP contribution in [0.1, 0.15) is 11.1 Å². The first-order chi connectivity index (χ1) is 11.6. The van der Waals surface area contributed by atoms with Crippen molar-refractivity contribution >= 4 is 29.4 Å². The zero-order chi connectivity index (χ0) is 17.1. The Hall–Kier alpha value is -2.04. The highest BCUT2D eigenvalue weighted by molar-refractivity contribution is 6.30. The number of hydrazine groups is 1. The van der Waals surface area contributed by atoms with Crippen molar-refractivity contribution in [2.24, 2.45) is 0 Å². The van der Waals surface area contributed by atoms with E-state index in [9.17, 15) is 4.79 Å². The number of piperazine rings is 1. The van der Waals surface area contributed by atoms with Crippen LogP contribution in [0, 0.1) is 13.8 Å². The molecule has 1 amide bonds. The largest absolute Gasteiger partial charge is 0.369 e. The van der Waals surface area contributed by atoms with Gasteiger partial charge in [-0.15, -0.1) is 0 Å². The quantitative estimate of drug-likeness (QED) is 0.793. The van der Waals surface area contributed by atoms with Gasteiger partial charge in [0.15, 0.2) is 0 Å². The molecule has 1 aliphatic rings. The molecule has 0 aromatic heterocycles. The van der Waals surface area contributed by atoms with Crippen LogP contribution in [-0.4, -0.2) is 37.6 Å². The molecule has 0 N–H and O–H groups in total. The van der Waals surface area contributed by atoms with Gasteiger partial charge in [-0.3, -0.25) is 4.79 Å². The molecule has 0 spiro atoms. The second kappa shape index (κ2) is 7.24. The molecule has 3 rings (SSSR count). The minimum Gasteiger partial charge on any atom is -0.369 e. The van der Waals surface area contributed by atoms with Gasteiger partial charge in [0.25, 0.3) is 0 Å². The third-order valence-electron chi connectivity index (χ3n) is 4.53. The third kappa shape index (κ3) is 3.40. The van der Waals surface area contributed by atoms with Crippen LogP contribution in [0.2, 0.25) is 5.02 Å². The van der Waals surface area contributed by atoms with Crippen molar-refractivity contribution in [3.05, 3.63) is 58.6 Å². The minimum absolute atomic E-state index is 0.757. The first-order valence-corrected chi connectivity index (χ1v) is 8.54. The Morgan fingerprint density at radius 2 is 1.71 bits per heavy atom. The van der Waals surface area contributed by atoms with Crippen molar-refractivity contribution in [3.63, 3.8) is 0 Å². The van der Waals surface area contributed by atoms with E-state index in [0.717, 1.165) is 48.9 Å². The molecule has 4 nitrogen and oxygen atoms in total. The SMILES string of the molecule is Cc1ccc(Cl)cc1N1CCN(N(C=O)c2ccccc2C)CC1. The van der Waals surface area contributed by atoms with Gasteiger partial charge in [0.2, 0.25) is 6.41 Å². The van der Waals surface area contributed by atoms with E-state index in [1.807, 2.05) is 43.3 Å². The molecule has 0 atom stereocenters. The Balaban J connectivity index is 1.73. The number of anilines is 2. The number of hydrogen-bond donors (Lipinski definition) is 0. The van der Waals surface area contributed by atoms with Crippen LogP contribution in [0.5, 0.6) is 0 Å². The van der Waals surface area contributed by atoms with Crippen molar-refractivity contribution in [1.82, 2.24) is 5.01 Å². The van der Waals surface area contributed by atoms with E-state index in [2.05, 4.69) is 22.9 Å². The van der Waals surface area contributed by atoms with E-state index in [4.69, 9.17) is 11.6 Å². The van der Waals surface area contributed by atoms with Crippen LogP contribution >= 0.6 is 11.6 Å². The van der Waals surface area contributed by atoms with E-state index in [0.29, 0.717) is 0 Å². The molecule has 1 saturated heterocycles. The zero-order valence-electron chi connectivity index (χ0n) is 14.1. The van der Waals surface area contributed by atoms with E-state index < -0.39 is 0 Å². The number of carbonyl (C=O) groups is 1. The van der Waals surface area contributed by atoms with E-state index in [1.54, 1.807) is 5.01 Å². The summed E-state index contributed by atoms with van der Waals surface area (Å²) in [7, 11) is 0. The minimum atomic E-state index is 0.757. The van der Waals surface area contributed by atoms with Crippen LogP contribution in [-0.2, 0) is 4.79 Å². The normalized spacial score (nSPS) is 15.4. The maximum Gasteiger partial charge on any atom is 0.228 e. The van der Waals surface area contributed by atoms with Gasteiger partial charge >= 0.3 is 0 Å². The topological polar surface area (TPSA) is 26.8 Å². The lowest BCUT2D eigenvalue weighted by atomic mass is 10.1. The molecule has 24 heavy (non-hydrogen) atoms. The Bertz CT molecular complexity index is 726. The molecule has 2 aromatic rings. The number of hydrogen-bond acceptors (Lipinski definition) is 3. The van der Waals surface area contributed by atoms with Gasteiger partial charge in [0, 0.05) is 36.9 Å². The highest BCUT2D eigenvalue weighted by Gasteiger charge is 2.24. The van der Waals surface area contributed by atoms with Crippen molar-refractivity contribution in [2.45, 2.75) is 13.8 Å². The highest BCUT2D eigenvalue weighted by Crippen LogP contribution is 2.26. The number of rotatable bonds is 4. The fraction of sp³-hybridized carbons (Fsp3) is 0.316. The Morgan fingerprint density at radius 3 is 2.38 bits per heavy atom. The van der Waals surface area contributed by atoms with Crippen molar-refractivity contribution < 1.29 is 4.79 Å². The maximum atomic E-state index is 11.7. The van der Waals surface area contributed by atoms with Gasteiger partial charge in [-0.25, -0.2) is 10.0 Å². The first kappa shape index (κ1) is 16.8. The van der Waals surface area contributed by atoms with Gasteiger partial charge in [0.1, 0.15) is 0 Å². The molecule has 1 heterocycles. The number of halogens is 1. The van der Waals surface area contributed by atoms with Gasteiger partial charge in [0.05, 0.1) is 5.69 Å². The molecule has 0 radical (unpaired) electrons. The number of amides is 1. The summed E-state index contributed by atoms with van der Waals surface area (Å²) < 4.78 is 0. The Kier molecular flexibility index (Phi) is 5.07. The molecule has 0 saturated carbocycles. The van der Waals surface area contributed by atoms with E-state index in [-0.39, 0.29) is 0 Å². The van der Waals surface area contributed by atoms with Crippen LogP contribution in [0.4, 0.5) is 11.4 Å². The summed E-state index contributed by atoms with van der Waals surface area (Å²) in [5.41, 5.74) is 4.44. The molecule has 5 heteroatoms. The third-order valence-corrected chi connectivity index (χ3v) is 4.77. The number of para-hydroxylation sites is 1. The van der Waals surface area contributed by atoms with Gasteiger partial charge < -0.3 is 4.90 Å². The standard InChI is InChI=1S/C19H22ClN3O/c1-15-5-3-4-6-18(15)23(14-24)22-11-9-21(10-12-22)19-13-17(20)8-7-16(19)2/h3-8,13-14H,9-12H2,1-2H3. The Morgan fingerprint density at radius 1 is 1.00 bits per heavy atom. The second-order valence-corrected chi connectivity index (χ2v) is 6.54. The second-order valence-electron chi connectivity index (χ2n) is 6.11. The zero-order valence-corrected chi connectivity index (χ0v) is 14.8. The van der Waals surface area contributed by atoms with E-state index in [1.165, 1.54) is 11.3 Å². The molecule has 126 valence electrons. The molecular weight excluding hydrogens is 322 g/mol. The maximum absolute atomic E-state index is 11.7. The summed E-state index contributed by atoms with van der Waals surface area (Å²) >= 11 is 6.14. The molecule has 2 aromatic carbocycles. The monoisotopic (exact) mass is 343 g/mol. The molecule has 1 aliphatic heterocycles.